The maximum Gasteiger partial charge on any atom is 0.176 e. The second-order valence-electron chi connectivity index (χ2n) is 5.22. The van der Waals surface area contributed by atoms with Crippen LogP contribution in [-0.2, 0) is 0 Å². The Balaban J connectivity index is 1.93. The van der Waals surface area contributed by atoms with Crippen molar-refractivity contribution >= 4 is 17.5 Å². The van der Waals surface area contributed by atoms with E-state index in [1.165, 1.54) is 4.90 Å². The second-order valence-corrected chi connectivity index (χ2v) is 6.10. The van der Waals surface area contributed by atoms with Crippen molar-refractivity contribution in [2.24, 2.45) is 0 Å². The monoisotopic (exact) mass is 278 g/mol. The Morgan fingerprint density at radius 1 is 1.32 bits per heavy atom. The zero-order chi connectivity index (χ0) is 13.8. The number of hydrogen-bond donors (Lipinski definition) is 0. The first-order valence-corrected chi connectivity index (χ1v) is 7.92. The van der Waals surface area contributed by atoms with Crippen molar-refractivity contribution < 1.29 is 4.79 Å². The number of ketones is 1. The molecule has 1 aliphatic heterocycles. The molecule has 4 heteroatoms. The summed E-state index contributed by atoms with van der Waals surface area (Å²) in [5.74, 6) is 0.226. The van der Waals surface area contributed by atoms with Gasteiger partial charge in [-0.15, -0.1) is 11.8 Å². The number of thioether (sulfide) groups is 1. The van der Waals surface area contributed by atoms with E-state index in [-0.39, 0.29) is 5.78 Å². The Labute approximate surface area is 120 Å². The maximum absolute atomic E-state index is 12.2. The highest BCUT2D eigenvalue weighted by Crippen LogP contribution is 2.16. The van der Waals surface area contributed by atoms with Gasteiger partial charge in [0.1, 0.15) is 0 Å². The van der Waals surface area contributed by atoms with E-state index in [2.05, 4.69) is 23.8 Å². The molecule has 104 valence electrons. The minimum atomic E-state index is 0.226. The lowest BCUT2D eigenvalue weighted by Gasteiger charge is -2.37. The summed E-state index contributed by atoms with van der Waals surface area (Å²) in [5.41, 5.74) is 0.824. The van der Waals surface area contributed by atoms with Gasteiger partial charge in [0.15, 0.2) is 5.78 Å². The summed E-state index contributed by atoms with van der Waals surface area (Å²) in [6.07, 6.45) is 2.04. The van der Waals surface area contributed by atoms with E-state index in [1.54, 1.807) is 11.8 Å². The van der Waals surface area contributed by atoms with Crippen LogP contribution < -0.4 is 0 Å². The maximum atomic E-state index is 12.2. The molecule has 19 heavy (non-hydrogen) atoms. The van der Waals surface area contributed by atoms with Gasteiger partial charge < -0.3 is 4.90 Å². The van der Waals surface area contributed by atoms with Crippen molar-refractivity contribution in [3.63, 3.8) is 0 Å². The second kappa shape index (κ2) is 6.55. The van der Waals surface area contributed by atoms with Crippen molar-refractivity contribution in [3.8, 4) is 0 Å². The summed E-state index contributed by atoms with van der Waals surface area (Å²) in [5, 5.41) is 0. The lowest BCUT2D eigenvalue weighted by Crippen LogP contribution is -2.51. The van der Waals surface area contributed by atoms with Gasteiger partial charge in [-0.1, -0.05) is 12.1 Å². The summed E-state index contributed by atoms with van der Waals surface area (Å²) < 4.78 is 0. The van der Waals surface area contributed by atoms with Crippen LogP contribution >= 0.6 is 11.8 Å². The number of Topliss-reactive ketones (excluding diaryl/α,β-unsaturated/α-hetero) is 1. The minimum absolute atomic E-state index is 0.226. The quantitative estimate of drug-likeness (QED) is 0.622. The van der Waals surface area contributed by atoms with Crippen LogP contribution in [0.3, 0.4) is 0 Å². The summed E-state index contributed by atoms with van der Waals surface area (Å²) in [7, 11) is 2.14. The third-order valence-electron chi connectivity index (χ3n) is 3.82. The van der Waals surface area contributed by atoms with E-state index in [0.717, 1.165) is 25.2 Å². The van der Waals surface area contributed by atoms with Gasteiger partial charge in [-0.25, -0.2) is 0 Å². The predicted octanol–water partition coefficient (Wildman–Crippen LogP) is 2.23. The van der Waals surface area contributed by atoms with Crippen LogP contribution in [0.4, 0.5) is 0 Å². The Hall–Kier alpha value is -0.840. The number of hydrogen-bond acceptors (Lipinski definition) is 4. The molecule has 1 fully saturated rings. The Bertz CT molecular complexity index is 432. The number of likely N-dealkylation sites (N-methyl/N-ethyl adjacent to an activating group) is 1. The zero-order valence-electron chi connectivity index (χ0n) is 11.9. The van der Waals surface area contributed by atoms with Crippen LogP contribution in [0.5, 0.6) is 0 Å². The molecule has 0 spiro atoms. The molecular formula is C15H22N2OS. The molecule has 1 saturated heterocycles. The van der Waals surface area contributed by atoms with Crippen LogP contribution in [0.1, 0.15) is 17.3 Å². The molecule has 0 N–H and O–H groups in total. The van der Waals surface area contributed by atoms with E-state index in [4.69, 9.17) is 0 Å². The van der Waals surface area contributed by atoms with Crippen LogP contribution in [0, 0.1) is 0 Å². The number of nitrogens with zero attached hydrogens (tertiary/aromatic N) is 2. The molecular weight excluding hydrogens is 256 g/mol. The van der Waals surface area contributed by atoms with E-state index in [9.17, 15) is 4.79 Å². The molecule has 2 rings (SSSR count). The van der Waals surface area contributed by atoms with Gasteiger partial charge in [-0.3, -0.25) is 9.69 Å². The van der Waals surface area contributed by atoms with Gasteiger partial charge in [0.2, 0.25) is 0 Å². The molecule has 0 radical (unpaired) electrons. The molecule has 3 nitrogen and oxygen atoms in total. The van der Waals surface area contributed by atoms with Crippen molar-refractivity contribution in [1.82, 2.24) is 9.80 Å². The first-order valence-electron chi connectivity index (χ1n) is 6.70. The Morgan fingerprint density at radius 3 is 2.58 bits per heavy atom. The first kappa shape index (κ1) is 14.6. The van der Waals surface area contributed by atoms with Crippen molar-refractivity contribution in [1.29, 1.82) is 0 Å². The van der Waals surface area contributed by atoms with Crippen LogP contribution in [0.25, 0.3) is 0 Å². The largest absolute Gasteiger partial charge is 0.301 e. The molecule has 1 aliphatic rings. The predicted molar refractivity (Wildman–Crippen MR) is 81.1 cm³/mol. The summed E-state index contributed by atoms with van der Waals surface area (Å²) in [6.45, 7) is 5.75. The number of rotatable bonds is 4. The third-order valence-corrected chi connectivity index (χ3v) is 4.57. The number of carbonyl (C=O) groups is 1. The lowest BCUT2D eigenvalue weighted by atomic mass is 10.1. The van der Waals surface area contributed by atoms with Gasteiger partial charge in [-0.2, -0.15) is 0 Å². The molecule has 0 bridgehead atoms. The number of benzene rings is 1. The average Bonchev–Trinajstić information content (AvgIpc) is 2.43. The number of carbonyl (C=O) groups excluding carboxylic acids is 1. The molecule has 1 atom stereocenters. The normalized spacial score (nSPS) is 21.5. The minimum Gasteiger partial charge on any atom is -0.301 e. The highest BCUT2D eigenvalue weighted by Gasteiger charge is 2.22. The molecule has 0 amide bonds. The van der Waals surface area contributed by atoms with Crippen LogP contribution in [0.15, 0.2) is 29.2 Å². The lowest BCUT2D eigenvalue weighted by molar-refractivity contribution is 0.0786. The molecule has 1 unspecified atom stereocenters. The van der Waals surface area contributed by atoms with E-state index in [0.29, 0.717) is 12.6 Å². The van der Waals surface area contributed by atoms with Gasteiger partial charge in [0.25, 0.3) is 0 Å². The molecule has 0 saturated carbocycles. The summed E-state index contributed by atoms with van der Waals surface area (Å²) >= 11 is 1.70. The fraction of sp³-hybridized carbons (Fsp3) is 0.533. The van der Waals surface area contributed by atoms with Crippen molar-refractivity contribution in [2.45, 2.75) is 17.9 Å². The van der Waals surface area contributed by atoms with Gasteiger partial charge in [-0.05, 0) is 32.4 Å². The highest BCUT2D eigenvalue weighted by molar-refractivity contribution is 7.98. The standard InChI is InChI=1S/C15H22N2OS/c1-12-10-17(9-8-16(12)2)11-15(18)13-4-6-14(19-3)7-5-13/h4-7,12H,8-11H2,1-3H3. The fourth-order valence-electron chi connectivity index (χ4n) is 2.34. The molecule has 0 aliphatic carbocycles. The van der Waals surface area contributed by atoms with Crippen LogP contribution in [-0.4, -0.2) is 61.1 Å². The van der Waals surface area contributed by atoms with E-state index >= 15 is 0 Å². The summed E-state index contributed by atoms with van der Waals surface area (Å²) in [6, 6.07) is 8.44. The fourth-order valence-corrected chi connectivity index (χ4v) is 2.75. The Kier molecular flexibility index (Phi) is 5.02. The van der Waals surface area contributed by atoms with Crippen molar-refractivity contribution in [3.05, 3.63) is 29.8 Å². The first-order chi connectivity index (χ1) is 9.10. The van der Waals surface area contributed by atoms with Gasteiger partial charge in [0.05, 0.1) is 6.54 Å². The molecule has 1 aromatic rings. The van der Waals surface area contributed by atoms with E-state index in [1.807, 2.05) is 30.5 Å². The number of piperazine rings is 1. The summed E-state index contributed by atoms with van der Waals surface area (Å²) in [4.78, 5) is 18.0. The molecule has 1 heterocycles. The van der Waals surface area contributed by atoms with Crippen LogP contribution in [0.2, 0.25) is 0 Å². The zero-order valence-corrected chi connectivity index (χ0v) is 12.7. The SMILES string of the molecule is CSc1ccc(C(=O)CN2CCN(C)C(C)C2)cc1. The average molecular weight is 278 g/mol. The van der Waals surface area contributed by atoms with Gasteiger partial charge in [0, 0.05) is 36.1 Å². The smallest absolute Gasteiger partial charge is 0.176 e. The van der Waals surface area contributed by atoms with Gasteiger partial charge >= 0.3 is 0 Å². The molecule has 1 aromatic carbocycles. The Morgan fingerprint density at radius 2 is 2.00 bits per heavy atom. The molecule has 0 aromatic heterocycles. The highest BCUT2D eigenvalue weighted by atomic mass is 32.2. The van der Waals surface area contributed by atoms with E-state index < -0.39 is 0 Å². The van der Waals surface area contributed by atoms with Crippen molar-refractivity contribution in [2.75, 3.05) is 39.5 Å². The third kappa shape index (κ3) is 3.81. The topological polar surface area (TPSA) is 23.6 Å².